The van der Waals surface area contributed by atoms with Crippen molar-refractivity contribution < 1.29 is 4.74 Å². The van der Waals surface area contributed by atoms with Gasteiger partial charge in [-0.1, -0.05) is 26.3 Å². The molecule has 2 atom stereocenters. The molecule has 2 N–H and O–H groups in total. The van der Waals surface area contributed by atoms with E-state index in [4.69, 9.17) is 10.5 Å². The van der Waals surface area contributed by atoms with Crippen LogP contribution in [0.5, 0.6) is 5.75 Å². The van der Waals surface area contributed by atoms with Crippen molar-refractivity contribution in [1.82, 2.24) is 0 Å². The molecular weight excluding hydrogens is 210 g/mol. The number of ether oxygens (including phenoxy) is 1. The molecule has 94 valence electrons. The highest BCUT2D eigenvalue weighted by Crippen LogP contribution is 2.26. The van der Waals surface area contributed by atoms with Crippen LogP contribution in [0.2, 0.25) is 0 Å². The van der Waals surface area contributed by atoms with Crippen molar-refractivity contribution in [1.29, 1.82) is 0 Å². The zero-order valence-electron chi connectivity index (χ0n) is 10.9. The first-order valence-corrected chi connectivity index (χ1v) is 6.71. The van der Waals surface area contributed by atoms with E-state index in [1.807, 2.05) is 0 Å². The maximum absolute atomic E-state index is 6.06. The van der Waals surface area contributed by atoms with Gasteiger partial charge in [-0.15, -0.1) is 0 Å². The van der Waals surface area contributed by atoms with E-state index in [9.17, 15) is 0 Å². The van der Waals surface area contributed by atoms with E-state index in [1.54, 1.807) is 0 Å². The van der Waals surface area contributed by atoms with Gasteiger partial charge in [-0.25, -0.2) is 0 Å². The van der Waals surface area contributed by atoms with Crippen LogP contribution in [0.3, 0.4) is 0 Å². The van der Waals surface area contributed by atoms with Gasteiger partial charge in [0, 0.05) is 6.04 Å². The molecule has 0 amide bonds. The summed E-state index contributed by atoms with van der Waals surface area (Å²) in [6.07, 6.45) is 4.81. The molecule has 1 aromatic carbocycles. The molecule has 1 aliphatic carbocycles. The molecule has 2 nitrogen and oxygen atoms in total. The van der Waals surface area contributed by atoms with Crippen molar-refractivity contribution in [2.24, 2.45) is 11.7 Å². The first-order valence-electron chi connectivity index (χ1n) is 6.71. The van der Waals surface area contributed by atoms with Crippen molar-refractivity contribution >= 4 is 0 Å². The molecule has 0 aromatic heterocycles. The molecule has 0 aliphatic heterocycles. The van der Waals surface area contributed by atoms with Gasteiger partial charge in [-0.3, -0.25) is 0 Å². The van der Waals surface area contributed by atoms with E-state index >= 15 is 0 Å². The SMILES string of the molecule is CCC(C)C(N)COc1ccc2c(c1)CCC2. The fraction of sp³-hybridized carbons (Fsp3) is 0.600. The molecular formula is C15H23NO. The van der Waals surface area contributed by atoms with Crippen LogP contribution in [-0.2, 0) is 12.8 Å². The predicted molar refractivity (Wildman–Crippen MR) is 71.4 cm³/mol. The largest absolute Gasteiger partial charge is 0.492 e. The van der Waals surface area contributed by atoms with E-state index in [0.717, 1.165) is 12.2 Å². The molecule has 0 saturated carbocycles. The first-order chi connectivity index (χ1) is 8.20. The second-order valence-electron chi connectivity index (χ2n) is 5.14. The minimum absolute atomic E-state index is 0.133. The number of rotatable bonds is 5. The van der Waals surface area contributed by atoms with Crippen LogP contribution in [0.1, 0.15) is 37.8 Å². The molecule has 2 rings (SSSR count). The van der Waals surface area contributed by atoms with Crippen LogP contribution < -0.4 is 10.5 Å². The van der Waals surface area contributed by atoms with E-state index in [-0.39, 0.29) is 6.04 Å². The number of aryl methyl sites for hydroxylation is 2. The van der Waals surface area contributed by atoms with Crippen molar-refractivity contribution in [3.63, 3.8) is 0 Å². The Kier molecular flexibility index (Phi) is 4.06. The second-order valence-corrected chi connectivity index (χ2v) is 5.14. The van der Waals surface area contributed by atoms with Gasteiger partial charge in [0.25, 0.3) is 0 Å². The van der Waals surface area contributed by atoms with Crippen LogP contribution in [0.25, 0.3) is 0 Å². The Balaban J connectivity index is 1.91. The highest BCUT2D eigenvalue weighted by molar-refractivity contribution is 5.38. The van der Waals surface area contributed by atoms with Gasteiger partial charge in [0.2, 0.25) is 0 Å². The van der Waals surface area contributed by atoms with Crippen molar-refractivity contribution in [2.75, 3.05) is 6.61 Å². The molecule has 0 fully saturated rings. The highest BCUT2D eigenvalue weighted by atomic mass is 16.5. The Bertz CT molecular complexity index is 375. The van der Waals surface area contributed by atoms with Crippen LogP contribution in [0.4, 0.5) is 0 Å². The van der Waals surface area contributed by atoms with Crippen LogP contribution in [-0.4, -0.2) is 12.6 Å². The first kappa shape index (κ1) is 12.4. The summed E-state index contributed by atoms with van der Waals surface area (Å²) in [7, 11) is 0. The lowest BCUT2D eigenvalue weighted by molar-refractivity contribution is 0.250. The molecule has 1 aliphatic rings. The van der Waals surface area contributed by atoms with E-state index in [2.05, 4.69) is 32.0 Å². The minimum atomic E-state index is 0.133. The van der Waals surface area contributed by atoms with Gasteiger partial charge >= 0.3 is 0 Å². The molecule has 2 heteroatoms. The quantitative estimate of drug-likeness (QED) is 0.848. The third-order valence-corrected chi connectivity index (χ3v) is 3.89. The normalized spacial score (nSPS) is 17.6. The van der Waals surface area contributed by atoms with Gasteiger partial charge < -0.3 is 10.5 Å². The summed E-state index contributed by atoms with van der Waals surface area (Å²) < 4.78 is 5.79. The highest BCUT2D eigenvalue weighted by Gasteiger charge is 2.13. The minimum Gasteiger partial charge on any atom is -0.492 e. The third kappa shape index (κ3) is 3.01. The lowest BCUT2D eigenvalue weighted by atomic mass is 10.0. The van der Waals surface area contributed by atoms with Crippen LogP contribution in [0.15, 0.2) is 18.2 Å². The van der Waals surface area contributed by atoms with Gasteiger partial charge in [0.15, 0.2) is 0 Å². The molecule has 0 bridgehead atoms. The summed E-state index contributed by atoms with van der Waals surface area (Å²) in [5.41, 5.74) is 9.01. The Morgan fingerprint density at radius 3 is 2.82 bits per heavy atom. The summed E-state index contributed by atoms with van der Waals surface area (Å²) >= 11 is 0. The summed E-state index contributed by atoms with van der Waals surface area (Å²) in [4.78, 5) is 0. The number of fused-ring (bicyclic) bond motifs is 1. The third-order valence-electron chi connectivity index (χ3n) is 3.89. The summed E-state index contributed by atoms with van der Waals surface area (Å²) in [6.45, 7) is 4.96. The van der Waals surface area contributed by atoms with Gasteiger partial charge in [-0.2, -0.15) is 0 Å². The molecule has 0 heterocycles. The lowest BCUT2D eigenvalue weighted by Crippen LogP contribution is -2.34. The molecule has 1 aromatic rings. The zero-order chi connectivity index (χ0) is 12.3. The Labute approximate surface area is 104 Å². The van der Waals surface area contributed by atoms with Gasteiger partial charge in [0.05, 0.1) is 0 Å². The number of hydrogen-bond donors (Lipinski definition) is 1. The number of hydrogen-bond acceptors (Lipinski definition) is 2. The fourth-order valence-corrected chi connectivity index (χ4v) is 2.30. The zero-order valence-corrected chi connectivity index (χ0v) is 10.9. The summed E-state index contributed by atoms with van der Waals surface area (Å²) in [5.74, 6) is 1.49. The fourth-order valence-electron chi connectivity index (χ4n) is 2.30. The number of nitrogens with two attached hydrogens (primary N) is 1. The van der Waals surface area contributed by atoms with Crippen molar-refractivity contribution in [2.45, 2.75) is 45.6 Å². The number of benzene rings is 1. The average molecular weight is 233 g/mol. The topological polar surface area (TPSA) is 35.2 Å². The smallest absolute Gasteiger partial charge is 0.119 e. The lowest BCUT2D eigenvalue weighted by Gasteiger charge is -2.19. The Morgan fingerprint density at radius 2 is 2.06 bits per heavy atom. The van der Waals surface area contributed by atoms with E-state index < -0.39 is 0 Å². The predicted octanol–water partition coefficient (Wildman–Crippen LogP) is 2.93. The summed E-state index contributed by atoms with van der Waals surface area (Å²) in [6, 6.07) is 6.60. The molecule has 0 saturated heterocycles. The molecule has 0 radical (unpaired) electrons. The maximum Gasteiger partial charge on any atom is 0.119 e. The van der Waals surface area contributed by atoms with Crippen molar-refractivity contribution in [3.05, 3.63) is 29.3 Å². The van der Waals surface area contributed by atoms with Gasteiger partial charge in [0.1, 0.15) is 12.4 Å². The maximum atomic E-state index is 6.06. The van der Waals surface area contributed by atoms with Crippen molar-refractivity contribution in [3.8, 4) is 5.75 Å². The van der Waals surface area contributed by atoms with Crippen LogP contribution >= 0.6 is 0 Å². The Hall–Kier alpha value is -1.02. The van der Waals surface area contributed by atoms with E-state index in [1.165, 1.54) is 30.4 Å². The standard InChI is InChI=1S/C15H23NO/c1-3-11(2)15(16)10-17-14-8-7-12-5-4-6-13(12)9-14/h7-9,11,15H,3-6,10,16H2,1-2H3. The van der Waals surface area contributed by atoms with E-state index in [0.29, 0.717) is 12.5 Å². The van der Waals surface area contributed by atoms with Gasteiger partial charge in [-0.05, 0) is 48.4 Å². The molecule has 17 heavy (non-hydrogen) atoms. The molecule has 0 spiro atoms. The van der Waals surface area contributed by atoms with Crippen LogP contribution in [0, 0.1) is 5.92 Å². The second kappa shape index (κ2) is 5.54. The monoisotopic (exact) mass is 233 g/mol. The Morgan fingerprint density at radius 1 is 1.29 bits per heavy atom. The summed E-state index contributed by atoms with van der Waals surface area (Å²) in [5, 5.41) is 0. The molecule has 2 unspecified atom stereocenters. The average Bonchev–Trinajstić information content (AvgIpc) is 2.82.